The summed E-state index contributed by atoms with van der Waals surface area (Å²) >= 11 is 0. The van der Waals surface area contributed by atoms with Crippen molar-refractivity contribution in [3.8, 4) is 5.75 Å². The Hall–Kier alpha value is -1.58. The Morgan fingerprint density at radius 3 is 2.67 bits per heavy atom. The third kappa shape index (κ3) is 3.23. The smallest absolute Gasteiger partial charge is 0.137 e. The van der Waals surface area contributed by atoms with Crippen molar-refractivity contribution in [2.24, 2.45) is 11.7 Å². The fourth-order valence-electron chi connectivity index (χ4n) is 1.07. The van der Waals surface area contributed by atoms with Crippen molar-refractivity contribution in [3.63, 3.8) is 0 Å². The second kappa shape index (κ2) is 4.77. The van der Waals surface area contributed by atoms with Crippen molar-refractivity contribution in [2.75, 3.05) is 6.61 Å². The Morgan fingerprint density at radius 1 is 1.53 bits per heavy atom. The molecule has 0 fully saturated rings. The van der Waals surface area contributed by atoms with E-state index in [0.717, 1.165) is 0 Å². The summed E-state index contributed by atoms with van der Waals surface area (Å²) in [4.78, 5) is 0. The zero-order valence-corrected chi connectivity index (χ0v) is 8.88. The van der Waals surface area contributed by atoms with E-state index in [2.05, 4.69) is 0 Å². The molecule has 3 nitrogen and oxygen atoms in total. The fraction of sp³-hybridized carbons (Fsp3) is 0.364. The molecule has 0 unspecified atom stereocenters. The van der Waals surface area contributed by atoms with Crippen molar-refractivity contribution in [3.05, 3.63) is 29.6 Å². The van der Waals surface area contributed by atoms with Crippen LogP contribution in [0.4, 0.5) is 4.39 Å². The average molecular weight is 210 g/mol. The highest BCUT2D eigenvalue weighted by Crippen LogP contribution is 2.16. The zero-order chi connectivity index (χ0) is 11.4. The second-order valence-electron chi connectivity index (χ2n) is 3.76. The van der Waals surface area contributed by atoms with E-state index in [4.69, 9.17) is 15.9 Å². The molecule has 0 atom stereocenters. The van der Waals surface area contributed by atoms with Crippen LogP contribution >= 0.6 is 0 Å². The molecule has 1 aromatic carbocycles. The Bertz CT molecular complexity index is 364. The third-order valence-corrected chi connectivity index (χ3v) is 1.81. The van der Waals surface area contributed by atoms with E-state index in [1.807, 2.05) is 13.8 Å². The fourth-order valence-corrected chi connectivity index (χ4v) is 1.07. The summed E-state index contributed by atoms with van der Waals surface area (Å²) in [5.74, 6) is 0.0541. The lowest BCUT2D eigenvalue weighted by atomic mass is 10.2. The normalized spacial score (nSPS) is 10.4. The van der Waals surface area contributed by atoms with Gasteiger partial charge in [-0.2, -0.15) is 0 Å². The number of hydrogen-bond acceptors (Lipinski definition) is 2. The van der Waals surface area contributed by atoms with Gasteiger partial charge in [0.25, 0.3) is 0 Å². The number of ether oxygens (including phenoxy) is 1. The number of rotatable bonds is 4. The predicted octanol–water partition coefficient (Wildman–Crippen LogP) is 2.14. The first-order valence-corrected chi connectivity index (χ1v) is 4.77. The molecule has 0 amide bonds. The number of nitrogens with one attached hydrogen (secondary N) is 1. The van der Waals surface area contributed by atoms with Crippen molar-refractivity contribution >= 4 is 5.84 Å². The number of hydrogen-bond donors (Lipinski definition) is 2. The Labute approximate surface area is 88.6 Å². The molecule has 0 heterocycles. The van der Waals surface area contributed by atoms with Gasteiger partial charge in [0, 0.05) is 6.07 Å². The molecule has 4 heteroatoms. The van der Waals surface area contributed by atoms with Gasteiger partial charge in [-0.25, -0.2) is 4.39 Å². The molecule has 82 valence electrons. The molecule has 15 heavy (non-hydrogen) atoms. The number of benzene rings is 1. The van der Waals surface area contributed by atoms with Gasteiger partial charge >= 0.3 is 0 Å². The summed E-state index contributed by atoms with van der Waals surface area (Å²) in [6.45, 7) is 4.57. The Balaban J connectivity index is 2.78. The van der Waals surface area contributed by atoms with Gasteiger partial charge in [-0.3, -0.25) is 5.41 Å². The van der Waals surface area contributed by atoms with E-state index in [1.54, 1.807) is 6.07 Å². The molecule has 0 aliphatic heterocycles. The monoisotopic (exact) mass is 210 g/mol. The molecule has 0 saturated carbocycles. The first kappa shape index (κ1) is 11.5. The molecule has 0 aliphatic carbocycles. The van der Waals surface area contributed by atoms with Gasteiger partial charge in [-0.05, 0) is 18.1 Å². The minimum atomic E-state index is -0.524. The lowest BCUT2D eigenvalue weighted by Gasteiger charge is -2.09. The van der Waals surface area contributed by atoms with Crippen molar-refractivity contribution in [1.29, 1.82) is 5.41 Å². The Kier molecular flexibility index (Phi) is 3.66. The van der Waals surface area contributed by atoms with Gasteiger partial charge in [0.2, 0.25) is 0 Å². The minimum absolute atomic E-state index is 0.104. The molecule has 0 aliphatic rings. The van der Waals surface area contributed by atoms with Crippen LogP contribution in [0.1, 0.15) is 19.4 Å². The molecule has 0 radical (unpaired) electrons. The molecule has 1 aromatic rings. The van der Waals surface area contributed by atoms with Crippen LogP contribution in [-0.4, -0.2) is 12.4 Å². The SMILES string of the molecule is CC(C)COc1ccc(C(=N)N)c(F)c1. The summed E-state index contributed by atoms with van der Waals surface area (Å²) in [6, 6.07) is 4.31. The van der Waals surface area contributed by atoms with Crippen molar-refractivity contribution in [2.45, 2.75) is 13.8 Å². The van der Waals surface area contributed by atoms with Gasteiger partial charge in [0.15, 0.2) is 0 Å². The van der Waals surface area contributed by atoms with Crippen LogP contribution in [0.3, 0.4) is 0 Å². The highest BCUT2D eigenvalue weighted by Gasteiger charge is 2.06. The lowest BCUT2D eigenvalue weighted by Crippen LogP contribution is -2.13. The summed E-state index contributed by atoms with van der Waals surface area (Å²) in [7, 11) is 0. The van der Waals surface area contributed by atoms with E-state index in [-0.39, 0.29) is 11.4 Å². The van der Waals surface area contributed by atoms with Gasteiger partial charge in [0.1, 0.15) is 17.4 Å². The molecular weight excluding hydrogens is 195 g/mol. The van der Waals surface area contributed by atoms with Crippen LogP contribution in [0, 0.1) is 17.1 Å². The van der Waals surface area contributed by atoms with Crippen LogP contribution < -0.4 is 10.5 Å². The summed E-state index contributed by atoms with van der Waals surface area (Å²) < 4.78 is 18.7. The molecule has 0 bridgehead atoms. The number of halogens is 1. The third-order valence-electron chi connectivity index (χ3n) is 1.81. The molecule has 0 spiro atoms. The topological polar surface area (TPSA) is 59.1 Å². The van der Waals surface area contributed by atoms with Gasteiger partial charge in [-0.15, -0.1) is 0 Å². The maximum absolute atomic E-state index is 13.3. The molecular formula is C11H15FN2O. The summed E-state index contributed by atoms with van der Waals surface area (Å²) in [6.07, 6.45) is 0. The van der Waals surface area contributed by atoms with Gasteiger partial charge < -0.3 is 10.5 Å². The van der Waals surface area contributed by atoms with E-state index in [0.29, 0.717) is 18.3 Å². The van der Waals surface area contributed by atoms with Crippen molar-refractivity contribution < 1.29 is 9.13 Å². The van der Waals surface area contributed by atoms with Gasteiger partial charge in [-0.1, -0.05) is 13.8 Å². The van der Waals surface area contributed by atoms with E-state index >= 15 is 0 Å². The van der Waals surface area contributed by atoms with E-state index in [9.17, 15) is 4.39 Å². The molecule has 3 N–H and O–H groups in total. The highest BCUT2D eigenvalue weighted by atomic mass is 19.1. The first-order valence-electron chi connectivity index (χ1n) is 4.77. The Morgan fingerprint density at radius 2 is 2.20 bits per heavy atom. The molecule has 0 aromatic heterocycles. The van der Waals surface area contributed by atoms with Crippen LogP contribution in [0.2, 0.25) is 0 Å². The van der Waals surface area contributed by atoms with Crippen LogP contribution in [0.25, 0.3) is 0 Å². The lowest BCUT2D eigenvalue weighted by molar-refractivity contribution is 0.270. The zero-order valence-electron chi connectivity index (χ0n) is 8.88. The standard InChI is InChI=1S/C11H15FN2O/c1-7(2)6-15-8-3-4-9(11(13)14)10(12)5-8/h3-5,7H,6H2,1-2H3,(H3,13,14). The van der Waals surface area contributed by atoms with Gasteiger partial charge in [0.05, 0.1) is 12.2 Å². The second-order valence-corrected chi connectivity index (χ2v) is 3.76. The average Bonchev–Trinajstić information content (AvgIpc) is 2.14. The largest absolute Gasteiger partial charge is 0.493 e. The van der Waals surface area contributed by atoms with E-state index < -0.39 is 5.82 Å². The van der Waals surface area contributed by atoms with Crippen LogP contribution in [0.5, 0.6) is 5.75 Å². The van der Waals surface area contributed by atoms with Crippen LogP contribution in [0.15, 0.2) is 18.2 Å². The summed E-state index contributed by atoms with van der Waals surface area (Å²) in [5.41, 5.74) is 5.29. The van der Waals surface area contributed by atoms with Crippen LogP contribution in [-0.2, 0) is 0 Å². The quantitative estimate of drug-likeness (QED) is 0.591. The number of nitrogen functional groups attached to an aromatic ring is 1. The maximum atomic E-state index is 13.3. The number of nitrogens with two attached hydrogens (primary N) is 1. The highest BCUT2D eigenvalue weighted by molar-refractivity contribution is 5.95. The van der Waals surface area contributed by atoms with Crippen molar-refractivity contribution in [1.82, 2.24) is 0 Å². The maximum Gasteiger partial charge on any atom is 0.137 e. The number of amidine groups is 1. The molecule has 0 saturated heterocycles. The minimum Gasteiger partial charge on any atom is -0.493 e. The van der Waals surface area contributed by atoms with E-state index in [1.165, 1.54) is 12.1 Å². The first-order chi connectivity index (χ1) is 7.00. The summed E-state index contributed by atoms with van der Waals surface area (Å²) in [5, 5.41) is 7.11. The molecule has 1 rings (SSSR count). The predicted molar refractivity (Wildman–Crippen MR) is 57.7 cm³/mol.